The molecule has 0 aromatic carbocycles. The summed E-state index contributed by atoms with van der Waals surface area (Å²) in [7, 11) is 0. The molecule has 5 heteroatoms. The normalized spacial score (nSPS) is 10.8. The molecule has 5 nitrogen and oxygen atoms in total. The highest BCUT2D eigenvalue weighted by Crippen LogP contribution is 2.17. The van der Waals surface area contributed by atoms with Crippen molar-refractivity contribution in [3.05, 3.63) is 23.5 Å². The lowest BCUT2D eigenvalue weighted by atomic mass is 10.2. The van der Waals surface area contributed by atoms with E-state index in [0.29, 0.717) is 5.52 Å². The summed E-state index contributed by atoms with van der Waals surface area (Å²) in [6.07, 6.45) is 1.60. The molecule has 2 heterocycles. The number of pyridine rings is 1. The van der Waals surface area contributed by atoms with Gasteiger partial charge in [-0.1, -0.05) is 0 Å². The van der Waals surface area contributed by atoms with Gasteiger partial charge in [-0.05, 0) is 25.5 Å². The van der Waals surface area contributed by atoms with Crippen molar-refractivity contribution in [1.82, 2.24) is 14.8 Å². The van der Waals surface area contributed by atoms with Crippen LogP contribution in [0.4, 0.5) is 0 Å². The highest BCUT2D eigenvalue weighted by atomic mass is 16.4. The zero-order valence-corrected chi connectivity index (χ0v) is 8.56. The number of aromatic carboxylic acids is 1. The zero-order chi connectivity index (χ0) is 11.0. The third-order valence-electron chi connectivity index (χ3n) is 2.31. The molecule has 0 fully saturated rings. The van der Waals surface area contributed by atoms with Crippen LogP contribution in [0.1, 0.15) is 23.0 Å². The van der Waals surface area contributed by atoms with E-state index in [9.17, 15) is 4.79 Å². The van der Waals surface area contributed by atoms with Gasteiger partial charge in [0.1, 0.15) is 11.2 Å². The number of carbonyl (C=O) groups is 1. The standard InChI is InChI=1S/C10H11N3O2/c1-3-13-9-6(2)4-7(10(14)15)12-8(9)5-11-13/h4-5H,3H2,1-2H3,(H,14,15). The van der Waals surface area contributed by atoms with Crippen LogP contribution in [0.15, 0.2) is 12.3 Å². The van der Waals surface area contributed by atoms with Crippen LogP contribution in [0.2, 0.25) is 0 Å². The fourth-order valence-electron chi connectivity index (χ4n) is 1.65. The molecule has 1 N–H and O–H groups in total. The summed E-state index contributed by atoms with van der Waals surface area (Å²) in [4.78, 5) is 14.8. The molecule has 78 valence electrons. The van der Waals surface area contributed by atoms with Gasteiger partial charge in [0.25, 0.3) is 0 Å². The van der Waals surface area contributed by atoms with Crippen molar-refractivity contribution in [1.29, 1.82) is 0 Å². The first-order valence-corrected chi connectivity index (χ1v) is 4.70. The van der Waals surface area contributed by atoms with Crippen molar-refractivity contribution in [2.75, 3.05) is 0 Å². The molecule has 0 atom stereocenters. The number of aromatic nitrogens is 3. The Hall–Kier alpha value is -1.91. The molecule has 0 amide bonds. The van der Waals surface area contributed by atoms with E-state index in [1.165, 1.54) is 0 Å². The van der Waals surface area contributed by atoms with Gasteiger partial charge < -0.3 is 5.11 Å². The van der Waals surface area contributed by atoms with Gasteiger partial charge >= 0.3 is 5.97 Å². The number of carboxylic acid groups (broad SMARTS) is 1. The molecule has 0 aliphatic heterocycles. The van der Waals surface area contributed by atoms with Crippen molar-refractivity contribution in [3.63, 3.8) is 0 Å². The minimum absolute atomic E-state index is 0.0654. The van der Waals surface area contributed by atoms with E-state index in [1.54, 1.807) is 12.3 Å². The Morgan fingerprint density at radius 2 is 2.33 bits per heavy atom. The van der Waals surface area contributed by atoms with E-state index in [2.05, 4.69) is 10.1 Å². The van der Waals surface area contributed by atoms with Gasteiger partial charge in [0.15, 0.2) is 0 Å². The first kappa shape index (κ1) is 9.64. The lowest BCUT2D eigenvalue weighted by molar-refractivity contribution is 0.0691. The van der Waals surface area contributed by atoms with E-state index >= 15 is 0 Å². The Balaban J connectivity index is 2.74. The molecule has 0 saturated heterocycles. The predicted molar refractivity (Wildman–Crippen MR) is 54.9 cm³/mol. The van der Waals surface area contributed by atoms with Crippen LogP contribution in [0.5, 0.6) is 0 Å². The number of aryl methyl sites for hydroxylation is 2. The maximum atomic E-state index is 10.8. The largest absolute Gasteiger partial charge is 0.477 e. The molecule has 0 spiro atoms. The molecular formula is C10H11N3O2. The van der Waals surface area contributed by atoms with Gasteiger partial charge in [-0.25, -0.2) is 9.78 Å². The molecule has 2 rings (SSSR count). The number of hydrogen-bond acceptors (Lipinski definition) is 3. The minimum Gasteiger partial charge on any atom is -0.477 e. The monoisotopic (exact) mass is 205 g/mol. The van der Waals surface area contributed by atoms with Gasteiger partial charge in [-0.15, -0.1) is 0 Å². The Kier molecular flexibility index (Phi) is 2.15. The third kappa shape index (κ3) is 1.45. The van der Waals surface area contributed by atoms with E-state index < -0.39 is 5.97 Å². The Labute approximate surface area is 86.4 Å². The quantitative estimate of drug-likeness (QED) is 0.805. The van der Waals surface area contributed by atoms with Crippen LogP contribution >= 0.6 is 0 Å². The highest BCUT2D eigenvalue weighted by molar-refractivity contribution is 5.90. The fraction of sp³-hybridized carbons (Fsp3) is 0.300. The summed E-state index contributed by atoms with van der Waals surface area (Å²) in [5.74, 6) is -1.01. The van der Waals surface area contributed by atoms with E-state index in [0.717, 1.165) is 17.6 Å². The smallest absolute Gasteiger partial charge is 0.354 e. The first-order valence-electron chi connectivity index (χ1n) is 4.70. The molecule has 2 aromatic rings. The number of hydrogen-bond donors (Lipinski definition) is 1. The van der Waals surface area contributed by atoms with E-state index in [4.69, 9.17) is 5.11 Å². The molecule has 15 heavy (non-hydrogen) atoms. The summed E-state index contributed by atoms with van der Waals surface area (Å²) in [6, 6.07) is 1.57. The SMILES string of the molecule is CCn1ncc2nc(C(=O)O)cc(C)c21. The number of rotatable bonds is 2. The van der Waals surface area contributed by atoms with Crippen LogP contribution in [0, 0.1) is 6.92 Å². The average molecular weight is 205 g/mol. The van der Waals surface area contributed by atoms with Crippen molar-refractivity contribution >= 4 is 17.0 Å². The minimum atomic E-state index is -1.01. The first-order chi connectivity index (χ1) is 7.13. The van der Waals surface area contributed by atoms with Gasteiger partial charge in [0.05, 0.1) is 11.7 Å². The van der Waals surface area contributed by atoms with Crippen molar-refractivity contribution in [2.45, 2.75) is 20.4 Å². The topological polar surface area (TPSA) is 68.0 Å². The number of carboxylic acids is 1. The molecule has 0 bridgehead atoms. The second-order valence-electron chi connectivity index (χ2n) is 3.32. The zero-order valence-electron chi connectivity index (χ0n) is 8.56. The van der Waals surface area contributed by atoms with Gasteiger partial charge in [-0.2, -0.15) is 5.10 Å². The molecular weight excluding hydrogens is 194 g/mol. The Morgan fingerprint density at radius 1 is 1.60 bits per heavy atom. The lowest BCUT2D eigenvalue weighted by Gasteiger charge is -2.02. The lowest BCUT2D eigenvalue weighted by Crippen LogP contribution is -2.03. The molecule has 0 saturated carbocycles. The van der Waals surface area contributed by atoms with Crippen LogP contribution in [-0.2, 0) is 6.54 Å². The second-order valence-corrected chi connectivity index (χ2v) is 3.32. The van der Waals surface area contributed by atoms with Crippen LogP contribution in [0.25, 0.3) is 11.0 Å². The summed E-state index contributed by atoms with van der Waals surface area (Å²) >= 11 is 0. The van der Waals surface area contributed by atoms with Crippen molar-refractivity contribution in [2.24, 2.45) is 0 Å². The second kappa shape index (κ2) is 3.34. The molecule has 0 aliphatic rings. The molecule has 0 unspecified atom stereocenters. The van der Waals surface area contributed by atoms with Crippen LogP contribution < -0.4 is 0 Å². The van der Waals surface area contributed by atoms with Crippen molar-refractivity contribution in [3.8, 4) is 0 Å². The van der Waals surface area contributed by atoms with Crippen LogP contribution in [-0.4, -0.2) is 25.8 Å². The number of fused-ring (bicyclic) bond motifs is 1. The highest BCUT2D eigenvalue weighted by Gasteiger charge is 2.11. The van der Waals surface area contributed by atoms with Crippen LogP contribution in [0.3, 0.4) is 0 Å². The Morgan fingerprint density at radius 3 is 2.93 bits per heavy atom. The summed E-state index contributed by atoms with van der Waals surface area (Å²) < 4.78 is 1.81. The third-order valence-corrected chi connectivity index (χ3v) is 2.31. The Bertz CT molecular complexity index is 531. The fourth-order valence-corrected chi connectivity index (χ4v) is 1.65. The molecule has 2 aromatic heterocycles. The summed E-state index contributed by atoms with van der Waals surface area (Å²) in [5.41, 5.74) is 2.49. The van der Waals surface area contributed by atoms with Crippen molar-refractivity contribution < 1.29 is 9.90 Å². The van der Waals surface area contributed by atoms with Gasteiger partial charge in [0, 0.05) is 6.54 Å². The van der Waals surface area contributed by atoms with E-state index in [1.807, 2.05) is 18.5 Å². The average Bonchev–Trinajstić information content (AvgIpc) is 2.60. The maximum absolute atomic E-state index is 10.8. The summed E-state index contributed by atoms with van der Waals surface area (Å²) in [6.45, 7) is 4.60. The maximum Gasteiger partial charge on any atom is 0.354 e. The van der Waals surface area contributed by atoms with Gasteiger partial charge in [0.2, 0.25) is 0 Å². The number of nitrogens with zero attached hydrogens (tertiary/aromatic N) is 3. The van der Waals surface area contributed by atoms with Gasteiger partial charge in [-0.3, -0.25) is 4.68 Å². The molecule has 0 aliphatic carbocycles. The predicted octanol–water partition coefficient (Wildman–Crippen LogP) is 1.46. The summed E-state index contributed by atoms with van der Waals surface area (Å²) in [5, 5.41) is 13.0. The van der Waals surface area contributed by atoms with E-state index in [-0.39, 0.29) is 5.69 Å². The molecule has 0 radical (unpaired) electrons.